The zero-order chi connectivity index (χ0) is 19.9. The lowest BCUT2D eigenvalue weighted by molar-refractivity contribution is 0.102. The second-order valence-electron chi connectivity index (χ2n) is 6.85. The van der Waals surface area contributed by atoms with Gasteiger partial charge in [0.25, 0.3) is 5.91 Å². The highest BCUT2D eigenvalue weighted by molar-refractivity contribution is 6.04. The lowest BCUT2D eigenvalue weighted by atomic mass is 10.0. The Labute approximate surface area is 165 Å². The molecule has 2 aromatic carbocycles. The van der Waals surface area contributed by atoms with E-state index in [0.29, 0.717) is 30.5 Å². The van der Waals surface area contributed by atoms with E-state index in [-0.39, 0.29) is 5.91 Å². The van der Waals surface area contributed by atoms with Crippen molar-refractivity contribution in [3.05, 3.63) is 77.6 Å². The molecule has 3 rings (SSSR count). The lowest BCUT2D eigenvalue weighted by Gasteiger charge is -2.10. The van der Waals surface area contributed by atoms with Gasteiger partial charge in [-0.2, -0.15) is 5.10 Å². The van der Waals surface area contributed by atoms with E-state index in [4.69, 9.17) is 9.47 Å². The molecule has 0 radical (unpaired) electrons. The number of amides is 1. The fraction of sp³-hybridized carbons (Fsp3) is 0.273. The molecule has 0 fully saturated rings. The summed E-state index contributed by atoms with van der Waals surface area (Å²) in [6.07, 6.45) is 3.31. The minimum absolute atomic E-state index is 0.194. The number of nitrogens with one attached hydrogen (secondary N) is 1. The Morgan fingerprint density at radius 2 is 1.96 bits per heavy atom. The fourth-order valence-corrected chi connectivity index (χ4v) is 2.75. The third-order valence-electron chi connectivity index (χ3n) is 4.29. The summed E-state index contributed by atoms with van der Waals surface area (Å²) in [6.45, 7) is 5.05. The Hall–Kier alpha value is -3.12. The van der Waals surface area contributed by atoms with E-state index in [1.54, 1.807) is 30.3 Å². The van der Waals surface area contributed by atoms with Crippen molar-refractivity contribution in [1.29, 1.82) is 0 Å². The van der Waals surface area contributed by atoms with Gasteiger partial charge in [-0.1, -0.05) is 38.1 Å². The molecule has 0 aliphatic rings. The molecule has 1 amide bonds. The van der Waals surface area contributed by atoms with Crippen molar-refractivity contribution < 1.29 is 14.3 Å². The van der Waals surface area contributed by atoms with Crippen LogP contribution in [0.15, 0.2) is 60.9 Å². The number of carbonyl (C=O) groups is 1. The number of benzene rings is 2. The number of anilines is 1. The molecule has 0 saturated heterocycles. The second-order valence-corrected chi connectivity index (χ2v) is 6.85. The van der Waals surface area contributed by atoms with E-state index in [1.165, 1.54) is 5.56 Å². The van der Waals surface area contributed by atoms with Gasteiger partial charge in [0.05, 0.1) is 18.1 Å². The molecule has 0 bridgehead atoms. The van der Waals surface area contributed by atoms with Crippen LogP contribution in [0.5, 0.6) is 5.75 Å². The molecule has 0 saturated carbocycles. The van der Waals surface area contributed by atoms with Crippen molar-refractivity contribution in [2.45, 2.75) is 33.1 Å². The molecule has 0 atom stereocenters. The first-order valence-electron chi connectivity index (χ1n) is 9.19. The summed E-state index contributed by atoms with van der Waals surface area (Å²) in [4.78, 5) is 12.5. The van der Waals surface area contributed by atoms with Crippen LogP contribution in [0.2, 0.25) is 0 Å². The predicted molar refractivity (Wildman–Crippen MR) is 108 cm³/mol. The van der Waals surface area contributed by atoms with Gasteiger partial charge in [0.1, 0.15) is 19.1 Å². The molecule has 0 unspecified atom stereocenters. The first-order valence-corrected chi connectivity index (χ1v) is 9.19. The number of rotatable bonds is 8. The van der Waals surface area contributed by atoms with Crippen LogP contribution in [0.4, 0.5) is 5.69 Å². The minimum Gasteiger partial charge on any atom is -0.489 e. The van der Waals surface area contributed by atoms with Crippen molar-refractivity contribution in [3.8, 4) is 5.75 Å². The zero-order valence-electron chi connectivity index (χ0n) is 16.4. The third kappa shape index (κ3) is 5.20. The number of carbonyl (C=O) groups excluding carboxylic acids is 1. The highest BCUT2D eigenvalue weighted by Crippen LogP contribution is 2.20. The predicted octanol–water partition coefficient (Wildman–Crippen LogP) is 4.44. The maximum Gasteiger partial charge on any atom is 0.255 e. The number of aromatic nitrogens is 2. The summed E-state index contributed by atoms with van der Waals surface area (Å²) in [5, 5.41) is 6.94. The highest BCUT2D eigenvalue weighted by atomic mass is 16.5. The second kappa shape index (κ2) is 9.19. The smallest absolute Gasteiger partial charge is 0.255 e. The van der Waals surface area contributed by atoms with Crippen LogP contribution in [0.25, 0.3) is 0 Å². The highest BCUT2D eigenvalue weighted by Gasteiger charge is 2.09. The van der Waals surface area contributed by atoms with Gasteiger partial charge in [0.15, 0.2) is 0 Å². The summed E-state index contributed by atoms with van der Waals surface area (Å²) < 4.78 is 12.5. The van der Waals surface area contributed by atoms with E-state index in [1.807, 2.05) is 30.3 Å². The molecule has 1 aromatic heterocycles. The quantitative estimate of drug-likeness (QED) is 0.628. The lowest BCUT2D eigenvalue weighted by Crippen LogP contribution is -2.12. The maximum atomic E-state index is 12.5. The Morgan fingerprint density at radius 1 is 1.18 bits per heavy atom. The van der Waals surface area contributed by atoms with Crippen LogP contribution in [-0.2, 0) is 18.1 Å². The zero-order valence-corrected chi connectivity index (χ0v) is 16.4. The summed E-state index contributed by atoms with van der Waals surface area (Å²) >= 11 is 0. The van der Waals surface area contributed by atoms with Crippen molar-refractivity contribution in [1.82, 2.24) is 9.78 Å². The molecule has 3 aromatic rings. The summed E-state index contributed by atoms with van der Waals surface area (Å²) in [7, 11) is 1.59. The first kappa shape index (κ1) is 19.6. The SMILES string of the molecule is COCn1cc(NC(=O)c2cccc(COc3ccc(C(C)C)cc3)c2)cn1. The van der Waals surface area contributed by atoms with E-state index in [0.717, 1.165) is 11.3 Å². The van der Waals surface area contributed by atoms with Gasteiger partial charge < -0.3 is 14.8 Å². The molecule has 28 heavy (non-hydrogen) atoms. The normalized spacial score (nSPS) is 10.9. The van der Waals surface area contributed by atoms with Crippen molar-refractivity contribution in [3.63, 3.8) is 0 Å². The van der Waals surface area contributed by atoms with Crippen LogP contribution in [0, 0.1) is 0 Å². The van der Waals surface area contributed by atoms with E-state index >= 15 is 0 Å². The van der Waals surface area contributed by atoms with Gasteiger partial charge in [-0.05, 0) is 41.3 Å². The Balaban J connectivity index is 1.60. The van der Waals surface area contributed by atoms with E-state index in [9.17, 15) is 4.79 Å². The molecular weight excluding hydrogens is 354 g/mol. The summed E-state index contributed by atoms with van der Waals surface area (Å²) in [6, 6.07) is 15.5. The molecule has 6 nitrogen and oxygen atoms in total. The standard InChI is InChI=1S/C22H25N3O3/c1-16(2)18-7-9-21(10-8-18)28-14-17-5-4-6-19(11-17)22(26)24-20-12-23-25(13-20)15-27-3/h4-13,16H,14-15H2,1-3H3,(H,24,26). The van der Waals surface area contributed by atoms with Gasteiger partial charge in [0, 0.05) is 12.7 Å². The van der Waals surface area contributed by atoms with Gasteiger partial charge in [-0.3, -0.25) is 4.79 Å². The van der Waals surface area contributed by atoms with Gasteiger partial charge in [-0.15, -0.1) is 0 Å². The number of ether oxygens (including phenoxy) is 2. The summed E-state index contributed by atoms with van der Waals surface area (Å²) in [5.41, 5.74) is 3.39. The van der Waals surface area contributed by atoms with Crippen molar-refractivity contribution >= 4 is 11.6 Å². The van der Waals surface area contributed by atoms with Gasteiger partial charge >= 0.3 is 0 Å². The molecule has 6 heteroatoms. The minimum atomic E-state index is -0.194. The topological polar surface area (TPSA) is 65.4 Å². The van der Waals surface area contributed by atoms with E-state index < -0.39 is 0 Å². The monoisotopic (exact) mass is 379 g/mol. The maximum absolute atomic E-state index is 12.5. The van der Waals surface area contributed by atoms with Gasteiger partial charge in [0.2, 0.25) is 0 Å². The van der Waals surface area contributed by atoms with Crippen LogP contribution in [0.1, 0.15) is 41.3 Å². The summed E-state index contributed by atoms with van der Waals surface area (Å²) in [5.74, 6) is 1.11. The van der Waals surface area contributed by atoms with Crippen LogP contribution in [0.3, 0.4) is 0 Å². The largest absolute Gasteiger partial charge is 0.489 e. The molecule has 0 aliphatic carbocycles. The number of nitrogens with zero attached hydrogens (tertiary/aromatic N) is 2. The molecule has 1 N–H and O–H groups in total. The number of methoxy groups -OCH3 is 1. The first-order chi connectivity index (χ1) is 13.5. The molecule has 1 heterocycles. The molecule has 146 valence electrons. The number of hydrogen-bond donors (Lipinski definition) is 1. The average Bonchev–Trinajstić information content (AvgIpc) is 3.14. The van der Waals surface area contributed by atoms with Crippen molar-refractivity contribution in [2.24, 2.45) is 0 Å². The fourth-order valence-electron chi connectivity index (χ4n) is 2.75. The number of hydrogen-bond acceptors (Lipinski definition) is 4. The van der Waals surface area contributed by atoms with Crippen LogP contribution in [-0.4, -0.2) is 22.8 Å². The van der Waals surface area contributed by atoms with Crippen LogP contribution >= 0.6 is 0 Å². The molecule has 0 aliphatic heterocycles. The van der Waals surface area contributed by atoms with E-state index in [2.05, 4.69) is 36.4 Å². The van der Waals surface area contributed by atoms with Crippen molar-refractivity contribution in [2.75, 3.05) is 12.4 Å². The average molecular weight is 379 g/mol. The Bertz CT molecular complexity index is 917. The Morgan fingerprint density at radius 3 is 2.68 bits per heavy atom. The third-order valence-corrected chi connectivity index (χ3v) is 4.29. The van der Waals surface area contributed by atoms with Gasteiger partial charge in [-0.25, -0.2) is 4.68 Å². The Kier molecular flexibility index (Phi) is 6.45. The van der Waals surface area contributed by atoms with Crippen LogP contribution < -0.4 is 10.1 Å². The molecular formula is C22H25N3O3. The molecule has 0 spiro atoms.